The lowest BCUT2D eigenvalue weighted by atomic mass is 10.1. The van der Waals surface area contributed by atoms with E-state index in [1.807, 2.05) is 17.7 Å². The first kappa shape index (κ1) is 14.0. The summed E-state index contributed by atoms with van der Waals surface area (Å²) in [5.41, 5.74) is 7.36. The molecular formula is C14H17ClFN3. The highest BCUT2D eigenvalue weighted by molar-refractivity contribution is 6.30. The first-order valence-corrected chi connectivity index (χ1v) is 6.67. The van der Waals surface area contributed by atoms with Crippen LogP contribution in [0.25, 0.3) is 0 Å². The molecule has 3 nitrogen and oxygen atoms in total. The largest absolute Gasteiger partial charge is 0.333 e. The summed E-state index contributed by atoms with van der Waals surface area (Å²) in [5.74, 6) is -0.371. The fraction of sp³-hybridized carbons (Fsp3) is 0.357. The number of rotatable bonds is 5. The topological polar surface area (TPSA) is 43.8 Å². The number of nitrogens with two attached hydrogens (primary N) is 1. The van der Waals surface area contributed by atoms with Gasteiger partial charge in [0.2, 0.25) is 0 Å². The van der Waals surface area contributed by atoms with Gasteiger partial charge in [-0.1, -0.05) is 30.7 Å². The third-order valence-corrected chi connectivity index (χ3v) is 3.36. The highest BCUT2D eigenvalue weighted by Gasteiger charge is 2.08. The molecule has 0 saturated heterocycles. The Morgan fingerprint density at radius 3 is 3.00 bits per heavy atom. The highest BCUT2D eigenvalue weighted by atomic mass is 35.5. The van der Waals surface area contributed by atoms with Crippen molar-refractivity contribution >= 4 is 11.6 Å². The number of hydrogen-bond donors (Lipinski definition) is 1. The van der Waals surface area contributed by atoms with E-state index in [-0.39, 0.29) is 16.9 Å². The summed E-state index contributed by atoms with van der Waals surface area (Å²) in [6.45, 7) is 2.46. The second-order valence-corrected chi connectivity index (χ2v) is 5.03. The van der Waals surface area contributed by atoms with E-state index in [9.17, 15) is 4.39 Å². The monoisotopic (exact) mass is 281 g/mol. The number of nitrogens with zero attached hydrogens (tertiary/aromatic N) is 2. The quantitative estimate of drug-likeness (QED) is 0.915. The molecule has 2 N–H and O–H groups in total. The average Bonchev–Trinajstić information content (AvgIpc) is 2.82. The van der Waals surface area contributed by atoms with E-state index in [0.717, 1.165) is 18.5 Å². The minimum Gasteiger partial charge on any atom is -0.333 e. The number of imidazole rings is 1. The van der Waals surface area contributed by atoms with Crippen LogP contribution < -0.4 is 5.73 Å². The summed E-state index contributed by atoms with van der Waals surface area (Å²) in [6.07, 6.45) is 5.24. The predicted molar refractivity (Wildman–Crippen MR) is 74.7 cm³/mol. The third kappa shape index (κ3) is 3.55. The second kappa shape index (κ2) is 6.17. The maximum Gasteiger partial charge on any atom is 0.146 e. The van der Waals surface area contributed by atoms with Crippen molar-refractivity contribution in [1.82, 2.24) is 9.55 Å². The van der Waals surface area contributed by atoms with Crippen molar-refractivity contribution in [3.05, 3.63) is 52.8 Å². The van der Waals surface area contributed by atoms with E-state index < -0.39 is 0 Å². The Balaban J connectivity index is 2.09. The van der Waals surface area contributed by atoms with Gasteiger partial charge in [0.25, 0.3) is 0 Å². The molecule has 2 rings (SSSR count). The number of hydrogen-bond acceptors (Lipinski definition) is 2. The van der Waals surface area contributed by atoms with Gasteiger partial charge in [-0.05, 0) is 12.5 Å². The summed E-state index contributed by atoms with van der Waals surface area (Å²) < 4.78 is 15.6. The molecule has 1 aromatic heterocycles. The average molecular weight is 282 g/mol. The van der Waals surface area contributed by atoms with Gasteiger partial charge in [0.15, 0.2) is 0 Å². The van der Waals surface area contributed by atoms with Gasteiger partial charge in [0, 0.05) is 24.2 Å². The van der Waals surface area contributed by atoms with Crippen LogP contribution in [0.2, 0.25) is 5.02 Å². The molecule has 0 amide bonds. The van der Waals surface area contributed by atoms with E-state index in [1.54, 1.807) is 24.5 Å². The van der Waals surface area contributed by atoms with Crippen LogP contribution >= 0.6 is 11.6 Å². The Bertz CT molecular complexity index is 553. The second-order valence-electron chi connectivity index (χ2n) is 4.62. The van der Waals surface area contributed by atoms with Gasteiger partial charge in [0.1, 0.15) is 5.82 Å². The van der Waals surface area contributed by atoms with Crippen molar-refractivity contribution in [2.45, 2.75) is 32.4 Å². The molecule has 0 radical (unpaired) electrons. The van der Waals surface area contributed by atoms with E-state index >= 15 is 0 Å². The summed E-state index contributed by atoms with van der Waals surface area (Å²) in [5, 5.41) is 0.144. The van der Waals surface area contributed by atoms with Crippen LogP contribution in [0.1, 0.15) is 24.6 Å². The summed E-state index contributed by atoms with van der Waals surface area (Å²) >= 11 is 5.76. The molecule has 5 heteroatoms. The standard InChI is InChI=1S/C14H17ClFN3/c1-2-11(17)6-12-8-19(9-18-12)7-10-4-3-5-13(15)14(10)16/h3-5,8-9,11H,2,6-7,17H2,1H3. The molecular weight excluding hydrogens is 265 g/mol. The molecule has 1 heterocycles. The highest BCUT2D eigenvalue weighted by Crippen LogP contribution is 2.18. The van der Waals surface area contributed by atoms with Crippen LogP contribution in [-0.2, 0) is 13.0 Å². The lowest BCUT2D eigenvalue weighted by Crippen LogP contribution is -2.21. The van der Waals surface area contributed by atoms with Gasteiger partial charge in [0.05, 0.1) is 23.6 Å². The van der Waals surface area contributed by atoms with Crippen LogP contribution in [0.4, 0.5) is 4.39 Å². The fourth-order valence-electron chi connectivity index (χ4n) is 1.88. The Morgan fingerprint density at radius 1 is 1.47 bits per heavy atom. The minimum atomic E-state index is -0.371. The van der Waals surface area contributed by atoms with Crippen molar-refractivity contribution in [1.29, 1.82) is 0 Å². The van der Waals surface area contributed by atoms with Gasteiger partial charge in [-0.15, -0.1) is 0 Å². The van der Waals surface area contributed by atoms with Crippen molar-refractivity contribution in [2.24, 2.45) is 5.73 Å². The van der Waals surface area contributed by atoms with E-state index in [4.69, 9.17) is 17.3 Å². The molecule has 0 fully saturated rings. The summed E-state index contributed by atoms with van der Waals surface area (Å²) in [4.78, 5) is 4.28. The van der Waals surface area contributed by atoms with Gasteiger partial charge in [-0.25, -0.2) is 9.37 Å². The van der Waals surface area contributed by atoms with E-state index in [1.165, 1.54) is 0 Å². The van der Waals surface area contributed by atoms with Crippen molar-refractivity contribution in [2.75, 3.05) is 0 Å². The maximum atomic E-state index is 13.8. The molecule has 0 spiro atoms. The van der Waals surface area contributed by atoms with Crippen LogP contribution in [0.15, 0.2) is 30.7 Å². The van der Waals surface area contributed by atoms with Crippen molar-refractivity contribution in [3.8, 4) is 0 Å². The zero-order valence-corrected chi connectivity index (χ0v) is 11.6. The van der Waals surface area contributed by atoms with Crippen LogP contribution in [0, 0.1) is 5.82 Å². The molecule has 0 aliphatic heterocycles. The molecule has 0 aliphatic rings. The summed E-state index contributed by atoms with van der Waals surface area (Å²) in [7, 11) is 0. The maximum absolute atomic E-state index is 13.8. The van der Waals surface area contributed by atoms with Crippen LogP contribution in [0.3, 0.4) is 0 Å². The first-order chi connectivity index (χ1) is 9.10. The number of aromatic nitrogens is 2. The van der Waals surface area contributed by atoms with Gasteiger partial charge < -0.3 is 10.3 Å². The Labute approximate surface area is 117 Å². The predicted octanol–water partition coefficient (Wildman–Crippen LogP) is 3.00. The van der Waals surface area contributed by atoms with Crippen LogP contribution in [-0.4, -0.2) is 15.6 Å². The Morgan fingerprint density at radius 2 is 2.26 bits per heavy atom. The van der Waals surface area contributed by atoms with Crippen molar-refractivity contribution < 1.29 is 4.39 Å². The molecule has 102 valence electrons. The molecule has 1 unspecified atom stereocenters. The smallest absolute Gasteiger partial charge is 0.146 e. The van der Waals surface area contributed by atoms with Crippen LogP contribution in [0.5, 0.6) is 0 Å². The zero-order valence-electron chi connectivity index (χ0n) is 10.8. The first-order valence-electron chi connectivity index (χ1n) is 6.29. The molecule has 1 atom stereocenters. The number of halogens is 2. The molecule has 0 bridgehead atoms. The molecule has 0 aliphatic carbocycles. The molecule has 2 aromatic rings. The lowest BCUT2D eigenvalue weighted by Gasteiger charge is -2.06. The number of benzene rings is 1. The third-order valence-electron chi connectivity index (χ3n) is 3.07. The summed E-state index contributed by atoms with van der Waals surface area (Å²) in [6, 6.07) is 5.12. The van der Waals surface area contributed by atoms with Gasteiger partial charge in [-0.3, -0.25) is 0 Å². The SMILES string of the molecule is CCC(N)Cc1cn(Cc2cccc(Cl)c2F)cn1. The molecule has 1 aromatic carbocycles. The fourth-order valence-corrected chi connectivity index (χ4v) is 2.07. The molecule has 0 saturated carbocycles. The van der Waals surface area contributed by atoms with Gasteiger partial charge >= 0.3 is 0 Å². The Kier molecular flexibility index (Phi) is 4.56. The minimum absolute atomic E-state index is 0.117. The molecule has 19 heavy (non-hydrogen) atoms. The normalized spacial score (nSPS) is 12.6. The van der Waals surface area contributed by atoms with E-state index in [2.05, 4.69) is 4.98 Å². The Hall–Kier alpha value is -1.39. The zero-order chi connectivity index (χ0) is 13.8. The van der Waals surface area contributed by atoms with Gasteiger partial charge in [-0.2, -0.15) is 0 Å². The van der Waals surface area contributed by atoms with Crippen molar-refractivity contribution in [3.63, 3.8) is 0 Å². The van der Waals surface area contributed by atoms with E-state index in [0.29, 0.717) is 12.1 Å². The lowest BCUT2D eigenvalue weighted by molar-refractivity contribution is 0.599.